The summed E-state index contributed by atoms with van der Waals surface area (Å²) in [5.74, 6) is 0. The molecule has 23 heavy (non-hydrogen) atoms. The summed E-state index contributed by atoms with van der Waals surface area (Å²) in [7, 11) is 0. The Morgan fingerprint density at radius 1 is 1.04 bits per heavy atom. The molecule has 0 unspecified atom stereocenters. The summed E-state index contributed by atoms with van der Waals surface area (Å²) in [6, 6.07) is 15.1. The summed E-state index contributed by atoms with van der Waals surface area (Å²) < 4.78 is 2.08. The van der Waals surface area contributed by atoms with Gasteiger partial charge in [-0.15, -0.1) is 0 Å². The fourth-order valence-electron chi connectivity index (χ4n) is 2.73. The second kappa shape index (κ2) is 5.41. The van der Waals surface area contributed by atoms with Crippen molar-refractivity contribution in [3.8, 4) is 16.9 Å². The second-order valence-electron chi connectivity index (χ2n) is 5.22. The van der Waals surface area contributed by atoms with Gasteiger partial charge in [-0.25, -0.2) is 0 Å². The molecule has 0 saturated carbocycles. The Hall–Kier alpha value is -2.85. The van der Waals surface area contributed by atoms with Gasteiger partial charge >= 0.3 is 0 Å². The molecule has 0 radical (unpaired) electrons. The molecule has 0 amide bonds. The number of hydrogen-bond donors (Lipinski definition) is 1. The third kappa shape index (κ3) is 2.43. The van der Waals surface area contributed by atoms with Crippen molar-refractivity contribution in [2.45, 2.75) is 0 Å². The van der Waals surface area contributed by atoms with Crippen molar-refractivity contribution in [3.05, 3.63) is 82.5 Å². The number of rotatable bonds is 2. The zero-order chi connectivity index (χ0) is 15.8. The Morgan fingerprint density at radius 2 is 1.87 bits per heavy atom. The van der Waals surface area contributed by atoms with Crippen LogP contribution in [-0.2, 0) is 0 Å². The lowest BCUT2D eigenvalue weighted by molar-refractivity contribution is 1.12. The van der Waals surface area contributed by atoms with Crippen molar-refractivity contribution >= 4 is 22.5 Å². The van der Waals surface area contributed by atoms with E-state index >= 15 is 0 Å². The maximum Gasteiger partial charge on any atom is 0.248 e. The van der Waals surface area contributed by atoms with Crippen molar-refractivity contribution in [1.29, 1.82) is 0 Å². The van der Waals surface area contributed by atoms with Crippen molar-refractivity contribution in [3.63, 3.8) is 0 Å². The maximum absolute atomic E-state index is 11.7. The molecule has 5 heteroatoms. The van der Waals surface area contributed by atoms with E-state index in [4.69, 9.17) is 11.6 Å². The quantitative estimate of drug-likeness (QED) is 0.606. The minimum atomic E-state index is -0.131. The van der Waals surface area contributed by atoms with Crippen LogP contribution in [-0.4, -0.2) is 14.5 Å². The molecule has 4 rings (SSSR count). The fourth-order valence-corrected chi connectivity index (χ4v) is 2.86. The van der Waals surface area contributed by atoms with E-state index in [1.165, 1.54) is 0 Å². The van der Waals surface area contributed by atoms with Crippen LogP contribution in [0.1, 0.15) is 0 Å². The van der Waals surface area contributed by atoms with E-state index in [0.717, 1.165) is 27.8 Å². The van der Waals surface area contributed by atoms with E-state index in [0.29, 0.717) is 5.02 Å². The summed E-state index contributed by atoms with van der Waals surface area (Å²) in [4.78, 5) is 18.6. The maximum atomic E-state index is 11.7. The molecule has 0 aliphatic carbocycles. The molecule has 3 aromatic heterocycles. The zero-order valence-corrected chi connectivity index (χ0v) is 12.8. The standard InChI is InChI=1S/C18H12ClN3O/c19-14-1-3-15(4-2-14)22-16(13-6-8-21-18(23)10-13)9-12-5-7-20-11-17(12)22/h1-11H,(H,21,23). The van der Waals surface area contributed by atoms with E-state index in [-0.39, 0.29) is 5.56 Å². The van der Waals surface area contributed by atoms with Gasteiger partial charge in [0.25, 0.3) is 0 Å². The number of fused-ring (bicyclic) bond motifs is 1. The second-order valence-corrected chi connectivity index (χ2v) is 5.65. The third-order valence-corrected chi connectivity index (χ3v) is 4.01. The van der Waals surface area contributed by atoms with Crippen molar-refractivity contribution < 1.29 is 0 Å². The molecule has 0 spiro atoms. The van der Waals surface area contributed by atoms with Gasteiger partial charge in [0.15, 0.2) is 0 Å². The van der Waals surface area contributed by atoms with Crippen molar-refractivity contribution in [2.24, 2.45) is 0 Å². The number of aromatic amines is 1. The number of pyridine rings is 2. The first-order valence-corrected chi connectivity index (χ1v) is 7.51. The van der Waals surface area contributed by atoms with Gasteiger partial charge in [-0.05, 0) is 42.5 Å². The molecular weight excluding hydrogens is 310 g/mol. The Bertz CT molecular complexity index is 1050. The fraction of sp³-hybridized carbons (Fsp3) is 0. The van der Waals surface area contributed by atoms with Gasteiger partial charge in [0.2, 0.25) is 5.56 Å². The SMILES string of the molecule is O=c1cc(-c2cc3ccncc3n2-c2ccc(Cl)cc2)cc[nH]1. The third-order valence-electron chi connectivity index (χ3n) is 3.76. The number of nitrogens with zero attached hydrogens (tertiary/aromatic N) is 2. The molecule has 0 atom stereocenters. The van der Waals surface area contributed by atoms with Crippen LogP contribution in [0.4, 0.5) is 0 Å². The summed E-state index contributed by atoms with van der Waals surface area (Å²) in [5.41, 5.74) is 3.59. The van der Waals surface area contributed by atoms with Gasteiger partial charge in [-0.3, -0.25) is 9.78 Å². The van der Waals surface area contributed by atoms with Gasteiger partial charge < -0.3 is 9.55 Å². The van der Waals surface area contributed by atoms with E-state index in [9.17, 15) is 4.79 Å². The molecule has 0 saturated heterocycles. The monoisotopic (exact) mass is 321 g/mol. The Balaban J connectivity index is 2.06. The molecule has 3 heterocycles. The lowest BCUT2D eigenvalue weighted by atomic mass is 10.2. The molecule has 0 bridgehead atoms. The number of hydrogen-bond acceptors (Lipinski definition) is 2. The van der Waals surface area contributed by atoms with Gasteiger partial charge in [-0.1, -0.05) is 11.6 Å². The summed E-state index contributed by atoms with van der Waals surface area (Å²) in [6.07, 6.45) is 5.23. The summed E-state index contributed by atoms with van der Waals surface area (Å²) in [5, 5.41) is 1.74. The average Bonchev–Trinajstić information content (AvgIpc) is 2.95. The van der Waals surface area contributed by atoms with Gasteiger partial charge in [-0.2, -0.15) is 0 Å². The molecule has 112 valence electrons. The molecule has 0 fully saturated rings. The van der Waals surface area contributed by atoms with E-state index < -0.39 is 0 Å². The van der Waals surface area contributed by atoms with Crippen LogP contribution in [0.2, 0.25) is 5.02 Å². The van der Waals surface area contributed by atoms with Crippen LogP contribution in [0.25, 0.3) is 27.8 Å². The highest BCUT2D eigenvalue weighted by atomic mass is 35.5. The topological polar surface area (TPSA) is 50.7 Å². The summed E-state index contributed by atoms with van der Waals surface area (Å²) in [6.45, 7) is 0. The highest BCUT2D eigenvalue weighted by Gasteiger charge is 2.12. The van der Waals surface area contributed by atoms with Crippen LogP contribution in [0.3, 0.4) is 0 Å². The van der Waals surface area contributed by atoms with E-state index in [1.807, 2.05) is 42.6 Å². The van der Waals surface area contributed by atoms with E-state index in [1.54, 1.807) is 18.5 Å². The largest absolute Gasteiger partial charge is 0.329 e. The highest BCUT2D eigenvalue weighted by molar-refractivity contribution is 6.30. The van der Waals surface area contributed by atoms with Crippen LogP contribution >= 0.6 is 11.6 Å². The van der Waals surface area contributed by atoms with Crippen LogP contribution < -0.4 is 5.56 Å². The molecule has 4 aromatic rings. The lowest BCUT2D eigenvalue weighted by Gasteiger charge is -2.11. The number of nitrogens with one attached hydrogen (secondary N) is 1. The van der Waals surface area contributed by atoms with Gasteiger partial charge in [0.05, 0.1) is 17.4 Å². The number of halogens is 1. The number of benzene rings is 1. The zero-order valence-electron chi connectivity index (χ0n) is 12.0. The molecule has 0 aliphatic rings. The molecule has 4 nitrogen and oxygen atoms in total. The Labute approximate surface area is 137 Å². The normalized spacial score (nSPS) is 11.0. The van der Waals surface area contributed by atoms with Crippen LogP contribution in [0.5, 0.6) is 0 Å². The lowest BCUT2D eigenvalue weighted by Crippen LogP contribution is -2.04. The van der Waals surface area contributed by atoms with Crippen LogP contribution in [0, 0.1) is 0 Å². The smallest absolute Gasteiger partial charge is 0.248 e. The first-order chi connectivity index (χ1) is 11.2. The molecule has 0 aliphatic heterocycles. The number of aromatic nitrogens is 3. The molecule has 1 aromatic carbocycles. The van der Waals surface area contributed by atoms with E-state index in [2.05, 4.69) is 20.6 Å². The molecule has 1 N–H and O–H groups in total. The Morgan fingerprint density at radius 3 is 2.65 bits per heavy atom. The highest BCUT2D eigenvalue weighted by Crippen LogP contribution is 2.30. The number of H-pyrrole nitrogens is 1. The first-order valence-electron chi connectivity index (χ1n) is 7.13. The minimum Gasteiger partial charge on any atom is -0.329 e. The summed E-state index contributed by atoms with van der Waals surface area (Å²) >= 11 is 6.00. The Kier molecular flexibility index (Phi) is 3.24. The predicted molar refractivity (Wildman–Crippen MR) is 92.1 cm³/mol. The van der Waals surface area contributed by atoms with Crippen LogP contribution in [0.15, 0.2) is 71.9 Å². The average molecular weight is 322 g/mol. The predicted octanol–water partition coefficient (Wildman–Crippen LogP) is 4.03. The first kappa shape index (κ1) is 13.8. The van der Waals surface area contributed by atoms with Crippen molar-refractivity contribution in [2.75, 3.05) is 0 Å². The van der Waals surface area contributed by atoms with Gasteiger partial charge in [0, 0.05) is 40.1 Å². The minimum absolute atomic E-state index is 0.131. The van der Waals surface area contributed by atoms with Gasteiger partial charge in [0.1, 0.15) is 0 Å². The molecular formula is C18H12ClN3O. The van der Waals surface area contributed by atoms with Crippen molar-refractivity contribution in [1.82, 2.24) is 14.5 Å².